The Morgan fingerprint density at radius 2 is 2.00 bits per heavy atom. The van der Waals surface area contributed by atoms with Gasteiger partial charge in [-0.15, -0.1) is 0 Å². The van der Waals surface area contributed by atoms with Gasteiger partial charge in [-0.2, -0.15) is 0 Å². The van der Waals surface area contributed by atoms with Crippen molar-refractivity contribution in [3.63, 3.8) is 0 Å². The van der Waals surface area contributed by atoms with E-state index in [0.29, 0.717) is 5.69 Å². The first kappa shape index (κ1) is 15.1. The Labute approximate surface area is 110 Å². The molecule has 3 N–H and O–H groups in total. The molecule has 0 spiro atoms. The molecule has 6 heteroatoms. The van der Waals surface area contributed by atoms with Gasteiger partial charge in [0.2, 0.25) is 5.91 Å². The maximum atomic E-state index is 12.3. The molecule has 0 fully saturated rings. The summed E-state index contributed by atoms with van der Waals surface area (Å²) in [6.07, 6.45) is 0.0849. The molecule has 0 saturated carbocycles. The van der Waals surface area contributed by atoms with Crippen molar-refractivity contribution < 1.29 is 18.7 Å². The van der Waals surface area contributed by atoms with Crippen molar-refractivity contribution in [1.29, 1.82) is 0 Å². The van der Waals surface area contributed by atoms with E-state index in [2.05, 4.69) is 0 Å². The zero-order chi connectivity index (χ0) is 14.3. The lowest BCUT2D eigenvalue weighted by Gasteiger charge is -2.19. The van der Waals surface area contributed by atoms with Crippen LogP contribution < -0.4 is 5.73 Å². The number of nitrogen functional groups attached to an aromatic ring is 1. The van der Waals surface area contributed by atoms with Gasteiger partial charge in [0.15, 0.2) is 0 Å². The maximum absolute atomic E-state index is 12.3. The molecule has 4 nitrogen and oxygen atoms in total. The number of hydrogen-bond donors (Lipinski definition) is 2. The minimum atomic E-state index is -2.62. The SMILES string of the molecule is Nc1ccc(/C=C/C(=O)N(CCO)CC(F)F)cc1. The smallest absolute Gasteiger partial charge is 0.255 e. The van der Waals surface area contributed by atoms with E-state index in [-0.39, 0.29) is 13.2 Å². The van der Waals surface area contributed by atoms with E-state index in [4.69, 9.17) is 10.8 Å². The fourth-order valence-electron chi connectivity index (χ4n) is 1.46. The fraction of sp³-hybridized carbons (Fsp3) is 0.308. The largest absolute Gasteiger partial charge is 0.399 e. The van der Waals surface area contributed by atoms with E-state index in [1.807, 2.05) is 0 Å². The molecule has 0 aliphatic rings. The van der Waals surface area contributed by atoms with Crippen LogP contribution in [0.25, 0.3) is 6.08 Å². The summed E-state index contributed by atoms with van der Waals surface area (Å²) in [4.78, 5) is 12.6. The quantitative estimate of drug-likeness (QED) is 0.606. The number of alkyl halides is 2. The van der Waals surface area contributed by atoms with Crippen LogP contribution in [0.4, 0.5) is 14.5 Å². The summed E-state index contributed by atoms with van der Waals surface area (Å²) in [5.41, 5.74) is 6.85. The van der Waals surface area contributed by atoms with Crippen LogP contribution in [0.15, 0.2) is 30.3 Å². The molecule has 0 aliphatic carbocycles. The second-order valence-corrected chi connectivity index (χ2v) is 3.90. The van der Waals surface area contributed by atoms with Crippen molar-refractivity contribution in [2.24, 2.45) is 0 Å². The Morgan fingerprint density at radius 1 is 1.37 bits per heavy atom. The highest BCUT2D eigenvalue weighted by Gasteiger charge is 2.15. The molecule has 1 amide bonds. The molecule has 0 radical (unpaired) electrons. The van der Waals surface area contributed by atoms with Gasteiger partial charge in [-0.05, 0) is 23.8 Å². The highest BCUT2D eigenvalue weighted by molar-refractivity contribution is 5.91. The van der Waals surface area contributed by atoms with E-state index in [0.717, 1.165) is 10.5 Å². The van der Waals surface area contributed by atoms with Crippen molar-refractivity contribution in [2.45, 2.75) is 6.43 Å². The first-order valence-electron chi connectivity index (χ1n) is 5.74. The molecule has 0 heterocycles. The number of carbonyl (C=O) groups is 1. The standard InChI is InChI=1S/C13H16F2N2O2/c14-12(15)9-17(7-8-18)13(19)6-3-10-1-4-11(16)5-2-10/h1-6,12,18H,7-9,16H2/b6-3+. The van der Waals surface area contributed by atoms with Crippen molar-refractivity contribution >= 4 is 17.7 Å². The number of halogens is 2. The topological polar surface area (TPSA) is 66.6 Å². The highest BCUT2D eigenvalue weighted by atomic mass is 19.3. The zero-order valence-corrected chi connectivity index (χ0v) is 10.3. The van der Waals surface area contributed by atoms with E-state index in [1.54, 1.807) is 24.3 Å². The Hall–Kier alpha value is -1.95. The minimum absolute atomic E-state index is 0.116. The number of carbonyl (C=O) groups excluding carboxylic acids is 1. The number of rotatable bonds is 6. The zero-order valence-electron chi connectivity index (χ0n) is 10.3. The summed E-state index contributed by atoms with van der Waals surface area (Å²) >= 11 is 0. The van der Waals surface area contributed by atoms with Gasteiger partial charge in [-0.3, -0.25) is 4.79 Å². The summed E-state index contributed by atoms with van der Waals surface area (Å²) in [6, 6.07) is 6.77. The summed E-state index contributed by atoms with van der Waals surface area (Å²) in [5, 5.41) is 8.74. The minimum Gasteiger partial charge on any atom is -0.399 e. The highest BCUT2D eigenvalue weighted by Crippen LogP contribution is 2.08. The number of nitrogens with two attached hydrogens (primary N) is 1. The van der Waals surface area contributed by atoms with Gasteiger partial charge in [0.25, 0.3) is 6.43 Å². The molecule has 0 aliphatic heterocycles. The molecule has 0 aromatic heterocycles. The van der Waals surface area contributed by atoms with Gasteiger partial charge < -0.3 is 15.7 Å². The molecule has 1 rings (SSSR count). The second-order valence-electron chi connectivity index (χ2n) is 3.90. The van der Waals surface area contributed by atoms with Crippen molar-refractivity contribution in [3.8, 4) is 0 Å². The number of anilines is 1. The van der Waals surface area contributed by atoms with Gasteiger partial charge in [0, 0.05) is 18.3 Å². The average Bonchev–Trinajstić information content (AvgIpc) is 2.37. The molecule has 0 unspecified atom stereocenters. The molecular formula is C13H16F2N2O2. The lowest BCUT2D eigenvalue weighted by Crippen LogP contribution is -2.36. The van der Waals surface area contributed by atoms with Crippen LogP contribution in [0, 0.1) is 0 Å². The lowest BCUT2D eigenvalue weighted by atomic mass is 10.2. The van der Waals surface area contributed by atoms with Crippen LogP contribution in [0.5, 0.6) is 0 Å². The molecule has 1 aromatic carbocycles. The van der Waals surface area contributed by atoms with Gasteiger partial charge in [0.05, 0.1) is 13.2 Å². The van der Waals surface area contributed by atoms with Crippen molar-refractivity contribution in [3.05, 3.63) is 35.9 Å². The summed E-state index contributed by atoms with van der Waals surface area (Å²) in [7, 11) is 0. The monoisotopic (exact) mass is 270 g/mol. The summed E-state index contributed by atoms with van der Waals surface area (Å²) < 4.78 is 24.5. The molecular weight excluding hydrogens is 254 g/mol. The van der Waals surface area contributed by atoms with Gasteiger partial charge >= 0.3 is 0 Å². The van der Waals surface area contributed by atoms with Gasteiger partial charge in [-0.25, -0.2) is 8.78 Å². The van der Waals surface area contributed by atoms with E-state index in [1.165, 1.54) is 12.2 Å². The number of nitrogens with zero attached hydrogens (tertiary/aromatic N) is 1. The molecule has 104 valence electrons. The third kappa shape index (κ3) is 5.48. The molecule has 1 aromatic rings. The van der Waals surface area contributed by atoms with Crippen LogP contribution in [-0.2, 0) is 4.79 Å². The number of hydrogen-bond acceptors (Lipinski definition) is 3. The number of benzene rings is 1. The van der Waals surface area contributed by atoms with E-state index < -0.39 is 18.9 Å². The van der Waals surface area contributed by atoms with Crippen LogP contribution in [0.2, 0.25) is 0 Å². The third-order valence-electron chi connectivity index (χ3n) is 2.39. The molecule has 0 bridgehead atoms. The van der Waals surface area contributed by atoms with Crippen LogP contribution in [0.1, 0.15) is 5.56 Å². The number of aliphatic hydroxyl groups is 1. The van der Waals surface area contributed by atoms with Crippen LogP contribution in [0.3, 0.4) is 0 Å². The van der Waals surface area contributed by atoms with E-state index >= 15 is 0 Å². The van der Waals surface area contributed by atoms with E-state index in [9.17, 15) is 13.6 Å². The summed E-state index contributed by atoms with van der Waals surface area (Å²) in [6.45, 7) is -1.16. The Kier molecular flexibility index (Phi) is 5.95. The second kappa shape index (κ2) is 7.48. The number of amides is 1. The molecule has 0 saturated heterocycles. The van der Waals surface area contributed by atoms with Crippen LogP contribution >= 0.6 is 0 Å². The summed E-state index contributed by atoms with van der Waals surface area (Å²) in [5.74, 6) is -0.564. The molecule has 0 atom stereocenters. The predicted octanol–water partition coefficient (Wildman–Crippen LogP) is 1.37. The predicted molar refractivity (Wildman–Crippen MR) is 69.6 cm³/mol. The Morgan fingerprint density at radius 3 is 2.53 bits per heavy atom. The van der Waals surface area contributed by atoms with Crippen molar-refractivity contribution in [1.82, 2.24) is 4.90 Å². The lowest BCUT2D eigenvalue weighted by molar-refractivity contribution is -0.128. The third-order valence-corrected chi connectivity index (χ3v) is 2.39. The maximum Gasteiger partial charge on any atom is 0.255 e. The number of aliphatic hydroxyl groups excluding tert-OH is 1. The fourth-order valence-corrected chi connectivity index (χ4v) is 1.46. The average molecular weight is 270 g/mol. The van der Waals surface area contributed by atoms with Crippen LogP contribution in [-0.4, -0.2) is 42.0 Å². The first-order chi connectivity index (χ1) is 9.02. The van der Waals surface area contributed by atoms with Gasteiger partial charge in [-0.1, -0.05) is 12.1 Å². The first-order valence-corrected chi connectivity index (χ1v) is 5.74. The Bertz CT molecular complexity index is 433. The Balaban J connectivity index is 2.67. The van der Waals surface area contributed by atoms with Gasteiger partial charge in [0.1, 0.15) is 0 Å². The molecule has 19 heavy (non-hydrogen) atoms. The normalized spacial score (nSPS) is 11.2. The van der Waals surface area contributed by atoms with Crippen molar-refractivity contribution in [2.75, 3.05) is 25.4 Å².